The van der Waals surface area contributed by atoms with Crippen molar-refractivity contribution in [1.29, 1.82) is 0 Å². The van der Waals surface area contributed by atoms with Gasteiger partial charge in [0.2, 0.25) is 18.3 Å². The van der Waals surface area contributed by atoms with Crippen LogP contribution in [-0.4, -0.2) is 65.0 Å². The number of hydrogen-bond donors (Lipinski definition) is 6. The highest BCUT2D eigenvalue weighted by Gasteiger charge is 2.27. The van der Waals surface area contributed by atoms with Crippen LogP contribution in [0.4, 0.5) is 23.3 Å². The van der Waals surface area contributed by atoms with E-state index < -0.39 is 23.5 Å². The molecule has 3 aromatic heterocycles. The van der Waals surface area contributed by atoms with Crippen molar-refractivity contribution in [2.45, 2.75) is 25.3 Å². The number of tetrazole rings is 1. The highest BCUT2D eigenvalue weighted by Crippen LogP contribution is 2.18. The molecule has 2 amide bonds. The number of nitrogens with two attached hydrogens (primary N) is 2. The highest BCUT2D eigenvalue weighted by molar-refractivity contribution is 5.93. The Bertz CT molecular complexity index is 1190. The van der Waals surface area contributed by atoms with Gasteiger partial charge in [0.15, 0.2) is 0 Å². The van der Waals surface area contributed by atoms with Crippen LogP contribution >= 0.6 is 0 Å². The summed E-state index contributed by atoms with van der Waals surface area (Å²) >= 11 is 0. The van der Waals surface area contributed by atoms with Gasteiger partial charge in [0, 0.05) is 6.42 Å². The number of aromatic amines is 2. The Hall–Kier alpha value is -4.89. The van der Waals surface area contributed by atoms with Crippen molar-refractivity contribution in [3.8, 4) is 0 Å². The molecule has 8 N–H and O–H groups in total. The van der Waals surface area contributed by atoms with Crippen molar-refractivity contribution in [3.05, 3.63) is 40.1 Å². The molecule has 0 bridgehead atoms. The van der Waals surface area contributed by atoms with E-state index in [1.54, 1.807) is 0 Å². The molecule has 0 aliphatic heterocycles. The number of carbonyl (C=O) groups is 3. The van der Waals surface area contributed by atoms with Crippen molar-refractivity contribution >= 4 is 41.6 Å². The second-order valence-electron chi connectivity index (χ2n) is 6.70. The van der Waals surface area contributed by atoms with Gasteiger partial charge in [-0.25, -0.2) is 14.9 Å². The molecule has 0 saturated carbocycles. The number of aromatic nitrogens is 7. The van der Waals surface area contributed by atoms with Crippen LogP contribution in [0.15, 0.2) is 23.1 Å². The van der Waals surface area contributed by atoms with E-state index in [1.165, 1.54) is 18.3 Å². The number of H-pyrrole nitrogens is 2. The minimum atomic E-state index is -1.24. The van der Waals surface area contributed by atoms with Crippen LogP contribution in [0.25, 0.3) is 0 Å². The summed E-state index contributed by atoms with van der Waals surface area (Å²) in [4.78, 5) is 58.4. The molecule has 0 saturated heterocycles. The summed E-state index contributed by atoms with van der Waals surface area (Å²) in [5.74, 6) is -1.73. The minimum absolute atomic E-state index is 0.0245. The fourth-order valence-corrected chi connectivity index (χ4v) is 2.91. The highest BCUT2D eigenvalue weighted by atomic mass is 16.4. The third-order valence-electron chi connectivity index (χ3n) is 4.48. The topological polar surface area (TPSA) is 252 Å². The van der Waals surface area contributed by atoms with Crippen LogP contribution in [0, 0.1) is 0 Å². The van der Waals surface area contributed by atoms with Crippen LogP contribution in [0.5, 0.6) is 0 Å². The first kappa shape index (κ1) is 22.8. The van der Waals surface area contributed by atoms with Crippen LogP contribution in [0.1, 0.15) is 17.8 Å². The van der Waals surface area contributed by atoms with E-state index in [-0.39, 0.29) is 48.1 Å². The van der Waals surface area contributed by atoms with Gasteiger partial charge >= 0.3 is 5.97 Å². The maximum absolute atomic E-state index is 12.3. The van der Waals surface area contributed by atoms with Gasteiger partial charge in [0.1, 0.15) is 23.5 Å². The lowest BCUT2D eigenvalue weighted by molar-refractivity contribution is -0.139. The Kier molecular flexibility index (Phi) is 6.87. The summed E-state index contributed by atoms with van der Waals surface area (Å²) in [7, 11) is 0. The molecule has 0 aliphatic rings. The summed E-state index contributed by atoms with van der Waals surface area (Å²) < 4.78 is 0. The van der Waals surface area contributed by atoms with E-state index >= 15 is 0 Å². The first-order chi connectivity index (χ1) is 15.8. The van der Waals surface area contributed by atoms with Crippen LogP contribution in [0.3, 0.4) is 0 Å². The maximum Gasteiger partial charge on any atom is 0.326 e. The van der Waals surface area contributed by atoms with Crippen LogP contribution in [0.2, 0.25) is 0 Å². The standard InChI is InChI=1S/C17H19N11O5/c18-14-9(15(31)23-17(19)22-14)5-13(30)21-8-1-4-12(20-6-8)28(7-29)10(16(32)33)2-3-11-24-26-27-25-11/h1,4,6-7,10H,2-3,5H2,(H,21,30)(H,32,33)(H,24,25,26,27)(H5,18,19,22,23,31)/t10-/m0/s1. The van der Waals surface area contributed by atoms with Gasteiger partial charge < -0.3 is 21.9 Å². The predicted octanol–water partition coefficient (Wildman–Crippen LogP) is -1.93. The third kappa shape index (κ3) is 5.63. The lowest BCUT2D eigenvalue weighted by Crippen LogP contribution is -2.41. The van der Waals surface area contributed by atoms with Gasteiger partial charge in [0.05, 0.1) is 23.9 Å². The molecule has 1 atom stereocenters. The minimum Gasteiger partial charge on any atom is -0.480 e. The Balaban J connectivity index is 1.68. The summed E-state index contributed by atoms with van der Waals surface area (Å²) in [6, 6.07) is 1.56. The average molecular weight is 457 g/mol. The number of aliphatic carboxylic acids is 1. The number of rotatable bonds is 10. The third-order valence-corrected chi connectivity index (χ3v) is 4.48. The number of nitrogen functional groups attached to an aromatic ring is 2. The van der Waals surface area contributed by atoms with Crippen molar-refractivity contribution in [3.63, 3.8) is 0 Å². The molecule has 0 unspecified atom stereocenters. The zero-order valence-electron chi connectivity index (χ0n) is 16.9. The van der Waals surface area contributed by atoms with Crippen LogP contribution in [-0.2, 0) is 27.2 Å². The number of anilines is 4. The molecule has 33 heavy (non-hydrogen) atoms. The first-order valence-electron chi connectivity index (χ1n) is 9.37. The first-order valence-corrected chi connectivity index (χ1v) is 9.37. The Morgan fingerprint density at radius 2 is 2.09 bits per heavy atom. The van der Waals surface area contributed by atoms with Gasteiger partial charge in [-0.05, 0) is 29.0 Å². The number of nitrogens with zero attached hydrogens (tertiary/aromatic N) is 6. The smallest absolute Gasteiger partial charge is 0.326 e. The van der Waals surface area contributed by atoms with Gasteiger partial charge in [-0.1, -0.05) is 0 Å². The molecule has 3 rings (SSSR count). The Labute approximate surface area is 184 Å². The molecule has 0 aliphatic carbocycles. The number of pyridine rings is 1. The zero-order valence-corrected chi connectivity index (χ0v) is 16.9. The van der Waals surface area contributed by atoms with Crippen molar-refractivity contribution < 1.29 is 19.5 Å². The molecule has 0 aromatic carbocycles. The second kappa shape index (κ2) is 9.94. The molecule has 16 nitrogen and oxygen atoms in total. The second-order valence-corrected chi connectivity index (χ2v) is 6.70. The molecule has 3 heterocycles. The van der Waals surface area contributed by atoms with Crippen molar-refractivity contribution in [2.75, 3.05) is 21.7 Å². The van der Waals surface area contributed by atoms with E-state index in [0.717, 1.165) is 4.90 Å². The fourth-order valence-electron chi connectivity index (χ4n) is 2.91. The number of nitrogens with one attached hydrogen (secondary N) is 3. The van der Waals surface area contributed by atoms with E-state index in [4.69, 9.17) is 11.5 Å². The average Bonchev–Trinajstić information content (AvgIpc) is 3.28. The molecule has 0 fully saturated rings. The normalized spacial score (nSPS) is 11.5. The van der Waals surface area contributed by atoms with Gasteiger partial charge in [-0.3, -0.25) is 24.3 Å². The van der Waals surface area contributed by atoms with E-state index in [2.05, 4.69) is 40.9 Å². The van der Waals surface area contributed by atoms with E-state index in [0.29, 0.717) is 12.2 Å². The number of amides is 2. The largest absolute Gasteiger partial charge is 0.480 e. The van der Waals surface area contributed by atoms with E-state index in [9.17, 15) is 24.3 Å². The summed E-state index contributed by atoms with van der Waals surface area (Å²) in [6.45, 7) is 0. The Morgan fingerprint density at radius 3 is 2.67 bits per heavy atom. The van der Waals surface area contributed by atoms with Gasteiger partial charge in [-0.2, -0.15) is 4.98 Å². The molecular weight excluding hydrogens is 438 g/mol. The zero-order chi connectivity index (χ0) is 24.0. The van der Waals surface area contributed by atoms with E-state index in [1.807, 2.05) is 0 Å². The SMILES string of the molecule is Nc1nc(N)c(CC(=O)Nc2ccc(N(C=O)[C@@H](CCc3nnn[nH]3)C(=O)O)nc2)c(=O)[nH]1. The predicted molar refractivity (Wildman–Crippen MR) is 113 cm³/mol. The summed E-state index contributed by atoms with van der Waals surface area (Å²) in [5.41, 5.74) is 10.6. The number of hydrogen-bond acceptors (Lipinski definition) is 11. The number of carboxylic acids is 1. The summed E-state index contributed by atoms with van der Waals surface area (Å²) in [6.07, 6.45) is 1.43. The summed E-state index contributed by atoms with van der Waals surface area (Å²) in [5, 5.41) is 25.1. The fraction of sp³-hybridized carbons (Fsp3) is 0.235. The van der Waals surface area contributed by atoms with Gasteiger partial charge in [-0.15, -0.1) is 5.10 Å². The number of carbonyl (C=O) groups excluding carboxylic acids is 2. The lowest BCUT2D eigenvalue weighted by Gasteiger charge is -2.23. The van der Waals surface area contributed by atoms with Crippen molar-refractivity contribution in [1.82, 2.24) is 35.6 Å². The molecule has 0 radical (unpaired) electrons. The monoisotopic (exact) mass is 457 g/mol. The lowest BCUT2D eigenvalue weighted by atomic mass is 10.1. The molecule has 172 valence electrons. The van der Waals surface area contributed by atoms with Gasteiger partial charge in [0.25, 0.3) is 5.56 Å². The quantitative estimate of drug-likeness (QED) is 0.182. The molecular formula is C17H19N11O5. The Morgan fingerprint density at radius 1 is 1.30 bits per heavy atom. The van der Waals surface area contributed by atoms with Crippen molar-refractivity contribution in [2.24, 2.45) is 0 Å². The molecule has 3 aromatic rings. The van der Waals surface area contributed by atoms with Crippen LogP contribution < -0.4 is 27.2 Å². The maximum atomic E-state index is 12.3. The number of aryl methyl sites for hydroxylation is 1. The number of carboxylic acid groups (broad SMARTS) is 1. The molecule has 0 spiro atoms. The molecule has 16 heteroatoms.